The lowest BCUT2D eigenvalue weighted by Crippen LogP contribution is -2.14. The zero-order valence-electron chi connectivity index (χ0n) is 13.3. The minimum atomic E-state index is -0.0560. The van der Waals surface area contributed by atoms with Gasteiger partial charge in [0, 0.05) is 40.9 Å². The summed E-state index contributed by atoms with van der Waals surface area (Å²) in [7, 11) is 0. The molecule has 4 aromatic rings. The van der Waals surface area contributed by atoms with Crippen LogP contribution in [0.1, 0.15) is 5.56 Å². The zero-order chi connectivity index (χ0) is 17.2. The van der Waals surface area contributed by atoms with Gasteiger partial charge in [-0.15, -0.1) is 0 Å². The summed E-state index contributed by atoms with van der Waals surface area (Å²) in [5.74, 6) is -0.0560. The van der Waals surface area contributed by atoms with Crippen molar-refractivity contribution in [2.45, 2.75) is 6.42 Å². The molecule has 2 aromatic heterocycles. The van der Waals surface area contributed by atoms with E-state index < -0.39 is 0 Å². The summed E-state index contributed by atoms with van der Waals surface area (Å²) in [6.07, 6.45) is 5.84. The average Bonchev–Trinajstić information content (AvgIpc) is 3.22. The molecule has 25 heavy (non-hydrogen) atoms. The van der Waals surface area contributed by atoms with E-state index in [4.69, 9.17) is 12.2 Å². The van der Waals surface area contributed by atoms with Crippen molar-refractivity contribution in [3.63, 3.8) is 0 Å². The summed E-state index contributed by atoms with van der Waals surface area (Å²) in [5.41, 5.74) is 3.66. The Labute approximate surface area is 149 Å². The molecule has 0 atom stereocenters. The topological polar surface area (TPSA) is 65.6 Å². The molecular formula is C19H16N4OS. The molecule has 0 radical (unpaired) electrons. The number of carbonyl (C=O) groups excluding carboxylic acids is 1. The van der Waals surface area contributed by atoms with Crippen molar-refractivity contribution in [2.75, 3.05) is 5.32 Å². The number of fused-ring (bicyclic) bond motifs is 1. The van der Waals surface area contributed by atoms with E-state index in [1.54, 1.807) is 6.20 Å². The maximum Gasteiger partial charge on any atom is 0.228 e. The van der Waals surface area contributed by atoms with Crippen molar-refractivity contribution < 1.29 is 4.79 Å². The Balaban J connectivity index is 1.53. The van der Waals surface area contributed by atoms with E-state index in [1.165, 1.54) is 0 Å². The number of para-hydroxylation sites is 1. The molecule has 4 rings (SSSR count). The second kappa shape index (κ2) is 6.41. The van der Waals surface area contributed by atoms with Crippen LogP contribution in [0.3, 0.4) is 0 Å². The van der Waals surface area contributed by atoms with Crippen molar-refractivity contribution >= 4 is 34.7 Å². The molecule has 2 aromatic carbocycles. The average molecular weight is 348 g/mol. The molecule has 0 saturated heterocycles. The van der Waals surface area contributed by atoms with Crippen LogP contribution in [0.5, 0.6) is 0 Å². The van der Waals surface area contributed by atoms with Crippen molar-refractivity contribution in [3.05, 3.63) is 77.5 Å². The first-order chi connectivity index (χ1) is 12.2. The molecule has 0 spiro atoms. The number of nitrogens with zero attached hydrogens (tertiary/aromatic N) is 1. The van der Waals surface area contributed by atoms with Gasteiger partial charge in [-0.3, -0.25) is 9.36 Å². The fourth-order valence-corrected chi connectivity index (χ4v) is 3.15. The summed E-state index contributed by atoms with van der Waals surface area (Å²) in [6.45, 7) is 0. The zero-order valence-corrected chi connectivity index (χ0v) is 14.1. The number of imidazole rings is 1. The number of benzene rings is 2. The van der Waals surface area contributed by atoms with Crippen molar-refractivity contribution in [1.82, 2.24) is 14.5 Å². The molecule has 124 valence electrons. The number of amides is 1. The molecule has 0 aliphatic heterocycles. The number of aromatic nitrogens is 3. The second-order valence-electron chi connectivity index (χ2n) is 5.77. The SMILES string of the molecule is O=C(Cc1c[nH]c2ccccc12)Nc1cccc(-n2cc[nH]c2=S)c1. The lowest BCUT2D eigenvalue weighted by molar-refractivity contribution is -0.115. The first kappa shape index (κ1) is 15.4. The highest BCUT2D eigenvalue weighted by atomic mass is 32.1. The van der Waals surface area contributed by atoms with E-state index >= 15 is 0 Å². The largest absolute Gasteiger partial charge is 0.361 e. The van der Waals surface area contributed by atoms with Gasteiger partial charge in [0.15, 0.2) is 4.77 Å². The predicted molar refractivity (Wildman–Crippen MR) is 102 cm³/mol. The van der Waals surface area contributed by atoms with Crippen LogP contribution in [-0.4, -0.2) is 20.4 Å². The van der Waals surface area contributed by atoms with Gasteiger partial charge in [-0.1, -0.05) is 24.3 Å². The molecule has 0 saturated carbocycles. The van der Waals surface area contributed by atoms with Gasteiger partial charge in [0.05, 0.1) is 6.42 Å². The van der Waals surface area contributed by atoms with Crippen LogP contribution in [-0.2, 0) is 11.2 Å². The molecule has 1 amide bonds. The first-order valence-corrected chi connectivity index (χ1v) is 8.33. The van der Waals surface area contributed by atoms with E-state index in [-0.39, 0.29) is 5.91 Å². The molecule has 5 nitrogen and oxygen atoms in total. The minimum absolute atomic E-state index is 0.0560. The van der Waals surface area contributed by atoms with Crippen LogP contribution < -0.4 is 5.32 Å². The molecule has 0 aliphatic rings. The fourth-order valence-electron chi connectivity index (χ4n) is 2.91. The maximum atomic E-state index is 12.4. The number of carbonyl (C=O) groups is 1. The predicted octanol–water partition coefficient (Wildman–Crippen LogP) is 4.20. The van der Waals surface area contributed by atoms with E-state index in [0.29, 0.717) is 11.2 Å². The highest BCUT2D eigenvalue weighted by Gasteiger charge is 2.09. The van der Waals surface area contributed by atoms with Gasteiger partial charge < -0.3 is 15.3 Å². The molecule has 0 aliphatic carbocycles. The summed E-state index contributed by atoms with van der Waals surface area (Å²) >= 11 is 5.24. The lowest BCUT2D eigenvalue weighted by Gasteiger charge is -2.08. The number of anilines is 1. The normalized spacial score (nSPS) is 10.9. The third-order valence-electron chi connectivity index (χ3n) is 4.08. The standard InChI is InChI=1S/C19H16N4OS/c24-18(10-13-12-21-17-7-2-1-6-16(13)17)22-14-4-3-5-15(11-14)23-9-8-20-19(23)25/h1-9,11-12,21H,10H2,(H,20,25)(H,22,24). The fraction of sp³-hybridized carbons (Fsp3) is 0.0526. The van der Waals surface area contributed by atoms with Gasteiger partial charge in [0.1, 0.15) is 0 Å². The minimum Gasteiger partial charge on any atom is -0.361 e. The van der Waals surface area contributed by atoms with Gasteiger partial charge in [0.25, 0.3) is 0 Å². The number of aromatic amines is 2. The summed E-state index contributed by atoms with van der Waals surface area (Å²) in [5, 5.41) is 4.03. The summed E-state index contributed by atoms with van der Waals surface area (Å²) in [6, 6.07) is 15.6. The van der Waals surface area contributed by atoms with E-state index in [9.17, 15) is 4.79 Å². The third-order valence-corrected chi connectivity index (χ3v) is 4.40. The first-order valence-electron chi connectivity index (χ1n) is 7.92. The summed E-state index contributed by atoms with van der Waals surface area (Å²) in [4.78, 5) is 18.6. The van der Waals surface area contributed by atoms with Gasteiger partial charge in [-0.05, 0) is 42.0 Å². The molecular weight excluding hydrogens is 332 g/mol. The van der Waals surface area contributed by atoms with Crippen LogP contribution in [0.25, 0.3) is 16.6 Å². The highest BCUT2D eigenvalue weighted by Crippen LogP contribution is 2.19. The van der Waals surface area contributed by atoms with Gasteiger partial charge in [-0.2, -0.15) is 0 Å². The molecule has 0 bridgehead atoms. The van der Waals surface area contributed by atoms with Crippen LogP contribution in [0, 0.1) is 4.77 Å². The van der Waals surface area contributed by atoms with E-state index in [1.807, 2.05) is 65.5 Å². The highest BCUT2D eigenvalue weighted by molar-refractivity contribution is 7.71. The van der Waals surface area contributed by atoms with Crippen molar-refractivity contribution in [1.29, 1.82) is 0 Å². The maximum absolute atomic E-state index is 12.4. The molecule has 3 N–H and O–H groups in total. The monoisotopic (exact) mass is 348 g/mol. The Morgan fingerprint density at radius 2 is 2.00 bits per heavy atom. The Hall–Kier alpha value is -3.12. The number of H-pyrrole nitrogens is 2. The Morgan fingerprint density at radius 3 is 2.84 bits per heavy atom. The third kappa shape index (κ3) is 3.12. The summed E-state index contributed by atoms with van der Waals surface area (Å²) < 4.78 is 2.47. The Kier molecular flexibility index (Phi) is 3.95. The van der Waals surface area contributed by atoms with E-state index in [0.717, 1.165) is 27.8 Å². The second-order valence-corrected chi connectivity index (χ2v) is 6.16. The Bertz CT molecular complexity index is 1110. The van der Waals surface area contributed by atoms with Crippen molar-refractivity contribution in [3.8, 4) is 5.69 Å². The van der Waals surface area contributed by atoms with Crippen LogP contribution in [0.15, 0.2) is 67.1 Å². The molecule has 0 unspecified atom stereocenters. The molecule has 2 heterocycles. The van der Waals surface area contributed by atoms with Crippen LogP contribution in [0.4, 0.5) is 5.69 Å². The Morgan fingerprint density at radius 1 is 1.12 bits per heavy atom. The van der Waals surface area contributed by atoms with Crippen molar-refractivity contribution in [2.24, 2.45) is 0 Å². The van der Waals surface area contributed by atoms with E-state index in [2.05, 4.69) is 15.3 Å². The van der Waals surface area contributed by atoms with Crippen LogP contribution in [0.2, 0.25) is 0 Å². The number of nitrogens with one attached hydrogen (secondary N) is 3. The van der Waals surface area contributed by atoms with Crippen LogP contribution >= 0.6 is 12.2 Å². The quantitative estimate of drug-likeness (QED) is 0.484. The number of rotatable bonds is 4. The molecule has 6 heteroatoms. The number of hydrogen-bond donors (Lipinski definition) is 3. The van der Waals surface area contributed by atoms with Gasteiger partial charge in [-0.25, -0.2) is 0 Å². The van der Waals surface area contributed by atoms with Gasteiger partial charge >= 0.3 is 0 Å². The smallest absolute Gasteiger partial charge is 0.228 e. The number of hydrogen-bond acceptors (Lipinski definition) is 2. The lowest BCUT2D eigenvalue weighted by atomic mass is 10.1. The van der Waals surface area contributed by atoms with Gasteiger partial charge in [0.2, 0.25) is 5.91 Å². The molecule has 0 fully saturated rings.